The van der Waals surface area contributed by atoms with Crippen LogP contribution in [0.25, 0.3) is 11.3 Å². The van der Waals surface area contributed by atoms with E-state index in [0.717, 1.165) is 28.5 Å². The maximum absolute atomic E-state index is 6.39. The van der Waals surface area contributed by atoms with Gasteiger partial charge in [0.15, 0.2) is 5.11 Å². The summed E-state index contributed by atoms with van der Waals surface area (Å²) in [7, 11) is 0. The molecule has 1 aliphatic heterocycles. The van der Waals surface area contributed by atoms with Crippen molar-refractivity contribution < 1.29 is 4.42 Å². The molecule has 1 N–H and O–H groups in total. The summed E-state index contributed by atoms with van der Waals surface area (Å²) >= 11 is 11.9. The van der Waals surface area contributed by atoms with Crippen molar-refractivity contribution >= 4 is 34.6 Å². The Morgan fingerprint density at radius 1 is 0.969 bits per heavy atom. The van der Waals surface area contributed by atoms with Crippen molar-refractivity contribution in [2.75, 3.05) is 4.90 Å². The number of benzene rings is 2. The largest absolute Gasteiger partial charge is 0.459 e. The first-order valence-corrected chi connectivity index (χ1v) is 11.2. The van der Waals surface area contributed by atoms with Crippen LogP contribution in [0.15, 0.2) is 83.4 Å². The van der Waals surface area contributed by atoms with Crippen molar-refractivity contribution in [3.63, 3.8) is 0 Å². The van der Waals surface area contributed by atoms with Gasteiger partial charge in [0.1, 0.15) is 17.6 Å². The number of anilines is 1. The van der Waals surface area contributed by atoms with E-state index in [-0.39, 0.29) is 12.1 Å². The Morgan fingerprint density at radius 3 is 2.41 bits per heavy atom. The fraction of sp³-hybridized carbons (Fsp3) is 0.154. The molecule has 5 rings (SSSR count). The Labute approximate surface area is 197 Å². The molecule has 0 bridgehead atoms. The molecule has 0 unspecified atom stereocenters. The molecule has 160 valence electrons. The highest BCUT2D eigenvalue weighted by molar-refractivity contribution is 7.80. The van der Waals surface area contributed by atoms with Gasteiger partial charge in [-0.25, -0.2) is 0 Å². The lowest BCUT2D eigenvalue weighted by atomic mass is 10.0. The predicted octanol–water partition coefficient (Wildman–Crippen LogP) is 6.79. The third-order valence-corrected chi connectivity index (χ3v) is 6.20. The van der Waals surface area contributed by atoms with Crippen LogP contribution in [0, 0.1) is 13.8 Å². The lowest BCUT2D eigenvalue weighted by Crippen LogP contribution is -2.29. The van der Waals surface area contributed by atoms with E-state index < -0.39 is 0 Å². The van der Waals surface area contributed by atoms with Crippen LogP contribution >= 0.6 is 23.8 Å². The SMILES string of the molecule is Cc1cc(C)cc(N2C(=S)N[C@H](c3ccccn3)[C@@H]2c2ccc(-c3ccc(Cl)cc3)o2)c1. The molecule has 32 heavy (non-hydrogen) atoms. The van der Waals surface area contributed by atoms with E-state index in [1.165, 1.54) is 11.1 Å². The molecule has 2 atom stereocenters. The molecule has 4 aromatic rings. The molecule has 0 spiro atoms. The van der Waals surface area contributed by atoms with E-state index in [1.54, 1.807) is 6.20 Å². The van der Waals surface area contributed by atoms with Crippen molar-refractivity contribution in [3.05, 3.63) is 107 Å². The molecule has 0 aliphatic carbocycles. The molecule has 0 radical (unpaired) electrons. The predicted molar refractivity (Wildman–Crippen MR) is 133 cm³/mol. The van der Waals surface area contributed by atoms with Crippen LogP contribution in [-0.4, -0.2) is 10.1 Å². The Hall–Kier alpha value is -3.15. The lowest BCUT2D eigenvalue weighted by Gasteiger charge is -2.26. The average Bonchev–Trinajstić information content (AvgIpc) is 3.39. The van der Waals surface area contributed by atoms with E-state index in [1.807, 2.05) is 54.6 Å². The molecule has 4 nitrogen and oxygen atoms in total. The number of aryl methyl sites for hydroxylation is 2. The van der Waals surface area contributed by atoms with Gasteiger partial charge in [-0.3, -0.25) is 4.98 Å². The highest BCUT2D eigenvalue weighted by Gasteiger charge is 2.42. The monoisotopic (exact) mass is 459 g/mol. The number of nitrogens with zero attached hydrogens (tertiary/aromatic N) is 2. The van der Waals surface area contributed by atoms with E-state index in [2.05, 4.69) is 47.2 Å². The number of rotatable bonds is 4. The van der Waals surface area contributed by atoms with Crippen LogP contribution in [0.4, 0.5) is 5.69 Å². The molecule has 3 heterocycles. The second-order valence-corrected chi connectivity index (χ2v) is 8.87. The Morgan fingerprint density at radius 2 is 1.72 bits per heavy atom. The number of thiocarbonyl (C=S) groups is 1. The fourth-order valence-corrected chi connectivity index (χ4v) is 4.76. The summed E-state index contributed by atoms with van der Waals surface area (Å²) in [6.45, 7) is 4.19. The zero-order valence-corrected chi connectivity index (χ0v) is 19.3. The van der Waals surface area contributed by atoms with Crippen molar-refractivity contribution in [1.29, 1.82) is 0 Å². The van der Waals surface area contributed by atoms with Gasteiger partial charge in [-0.1, -0.05) is 23.7 Å². The second-order valence-electron chi connectivity index (χ2n) is 8.05. The van der Waals surface area contributed by atoms with Gasteiger partial charge in [0.25, 0.3) is 0 Å². The minimum Gasteiger partial charge on any atom is -0.459 e. The highest BCUT2D eigenvalue weighted by Crippen LogP contribution is 2.43. The number of nitrogens with one attached hydrogen (secondary N) is 1. The van der Waals surface area contributed by atoms with Gasteiger partial charge < -0.3 is 14.6 Å². The van der Waals surface area contributed by atoms with Gasteiger partial charge in [0.2, 0.25) is 0 Å². The summed E-state index contributed by atoms with van der Waals surface area (Å²) in [5.41, 5.74) is 5.29. The number of hydrogen-bond donors (Lipinski definition) is 1. The minimum absolute atomic E-state index is 0.145. The fourth-order valence-electron chi connectivity index (χ4n) is 4.29. The van der Waals surface area contributed by atoms with Gasteiger partial charge in [-0.15, -0.1) is 0 Å². The zero-order chi connectivity index (χ0) is 22.2. The topological polar surface area (TPSA) is 41.3 Å². The quantitative estimate of drug-likeness (QED) is 0.340. The van der Waals surface area contributed by atoms with Gasteiger partial charge in [-0.2, -0.15) is 0 Å². The van der Waals surface area contributed by atoms with Crippen molar-refractivity contribution in [1.82, 2.24) is 10.3 Å². The molecular weight excluding hydrogens is 438 g/mol. The number of hydrogen-bond acceptors (Lipinski definition) is 3. The van der Waals surface area contributed by atoms with Gasteiger partial charge in [-0.05, 0) is 97.9 Å². The molecule has 2 aromatic heterocycles. The molecule has 6 heteroatoms. The summed E-state index contributed by atoms with van der Waals surface area (Å²) in [4.78, 5) is 6.74. The second kappa shape index (κ2) is 8.41. The molecular formula is C26H22ClN3OS. The summed E-state index contributed by atoms with van der Waals surface area (Å²) < 4.78 is 6.39. The maximum Gasteiger partial charge on any atom is 0.174 e. The first-order chi connectivity index (χ1) is 15.5. The van der Waals surface area contributed by atoms with Crippen LogP contribution in [0.3, 0.4) is 0 Å². The van der Waals surface area contributed by atoms with Crippen LogP contribution in [0.5, 0.6) is 0 Å². The smallest absolute Gasteiger partial charge is 0.174 e. The highest BCUT2D eigenvalue weighted by atomic mass is 35.5. The number of halogens is 1. The first-order valence-electron chi connectivity index (χ1n) is 10.4. The van der Waals surface area contributed by atoms with Crippen LogP contribution < -0.4 is 10.2 Å². The molecule has 2 aromatic carbocycles. The van der Waals surface area contributed by atoms with Crippen LogP contribution in [-0.2, 0) is 0 Å². The normalized spacial score (nSPS) is 18.1. The molecule has 0 amide bonds. The maximum atomic E-state index is 6.39. The molecule has 1 fully saturated rings. The lowest BCUT2D eigenvalue weighted by molar-refractivity contribution is 0.439. The van der Waals surface area contributed by atoms with Crippen LogP contribution in [0.1, 0.15) is 34.7 Å². The van der Waals surface area contributed by atoms with E-state index in [4.69, 9.17) is 28.2 Å². The summed E-state index contributed by atoms with van der Waals surface area (Å²) in [5.74, 6) is 1.60. The Bertz CT molecular complexity index is 1250. The van der Waals surface area contributed by atoms with Crippen LogP contribution in [0.2, 0.25) is 5.02 Å². The summed E-state index contributed by atoms with van der Waals surface area (Å²) in [6.07, 6.45) is 1.80. The third-order valence-electron chi connectivity index (χ3n) is 5.63. The first kappa shape index (κ1) is 20.7. The number of pyridine rings is 1. The van der Waals surface area contributed by atoms with Gasteiger partial charge >= 0.3 is 0 Å². The Kier molecular flexibility index (Phi) is 5.45. The molecule has 0 saturated carbocycles. The third kappa shape index (κ3) is 3.90. The van der Waals surface area contributed by atoms with Gasteiger partial charge in [0.05, 0.1) is 11.7 Å². The van der Waals surface area contributed by atoms with E-state index in [9.17, 15) is 0 Å². The van der Waals surface area contributed by atoms with Gasteiger partial charge in [0, 0.05) is 22.5 Å². The number of furan rings is 1. The van der Waals surface area contributed by atoms with Crippen molar-refractivity contribution in [2.45, 2.75) is 25.9 Å². The summed E-state index contributed by atoms with van der Waals surface area (Å²) in [5, 5.41) is 4.83. The van der Waals surface area contributed by atoms with E-state index in [0.29, 0.717) is 10.1 Å². The molecule has 1 aliphatic rings. The van der Waals surface area contributed by atoms with Crippen molar-refractivity contribution in [3.8, 4) is 11.3 Å². The van der Waals surface area contributed by atoms with Crippen molar-refractivity contribution in [2.24, 2.45) is 0 Å². The average molecular weight is 460 g/mol. The zero-order valence-electron chi connectivity index (χ0n) is 17.7. The number of aromatic nitrogens is 1. The standard InChI is InChI=1S/C26H22ClN3OS/c1-16-13-17(2)15-20(14-16)30-25(24(29-26(30)32)21-5-3-4-12-28-21)23-11-10-22(31-23)18-6-8-19(27)9-7-18/h3-15,24-25H,1-2H3,(H,29,32)/t24-,25+/m1/s1. The minimum atomic E-state index is -0.181. The molecule has 1 saturated heterocycles. The summed E-state index contributed by atoms with van der Waals surface area (Å²) in [6, 6.07) is 23.7. The Balaban J connectivity index is 1.61. The van der Waals surface area contributed by atoms with E-state index >= 15 is 0 Å².